The second-order valence-electron chi connectivity index (χ2n) is 14.1. The minimum Gasteiger partial charge on any atom is -0.373 e. The summed E-state index contributed by atoms with van der Waals surface area (Å²) in [4.78, 5) is 14.8. The van der Waals surface area contributed by atoms with Crippen LogP contribution in [-0.2, 0) is 6.42 Å². The number of hydrogen-bond acceptors (Lipinski definition) is 4. The van der Waals surface area contributed by atoms with Crippen LogP contribution in [0.5, 0.6) is 0 Å². The smallest absolute Gasteiger partial charge is 0.0878 e. The van der Waals surface area contributed by atoms with Gasteiger partial charge in [-0.1, -0.05) is 142 Å². The number of rotatable bonds is 11. The van der Waals surface area contributed by atoms with Crippen LogP contribution in [0.2, 0.25) is 0 Å². The minimum atomic E-state index is -0.0325. The maximum atomic E-state index is 5.29. The van der Waals surface area contributed by atoms with E-state index in [2.05, 4.69) is 146 Å². The lowest BCUT2D eigenvalue weighted by atomic mass is 9.79. The summed E-state index contributed by atoms with van der Waals surface area (Å²) in [5.41, 5.74) is 13.9. The lowest BCUT2D eigenvalue weighted by Crippen LogP contribution is -2.25. The summed E-state index contributed by atoms with van der Waals surface area (Å²) in [5.74, 6) is 0. The van der Waals surface area contributed by atoms with Crippen molar-refractivity contribution in [3.63, 3.8) is 0 Å². The Morgan fingerprint density at radius 3 is 2.46 bits per heavy atom. The Morgan fingerprint density at radius 2 is 1.69 bits per heavy atom. The van der Waals surface area contributed by atoms with Gasteiger partial charge in [0.15, 0.2) is 0 Å². The summed E-state index contributed by atoms with van der Waals surface area (Å²) >= 11 is 0. The highest BCUT2D eigenvalue weighted by Crippen LogP contribution is 2.43. The predicted molar refractivity (Wildman–Crippen MR) is 229 cm³/mol. The molecule has 0 spiro atoms. The monoisotopic (exact) mass is 702 g/mol. The Labute approximate surface area is 319 Å². The van der Waals surface area contributed by atoms with Crippen molar-refractivity contribution in [2.45, 2.75) is 58.0 Å². The lowest BCUT2D eigenvalue weighted by Gasteiger charge is -2.31. The molecule has 8 rings (SSSR count). The maximum Gasteiger partial charge on any atom is 0.0878 e. The van der Waals surface area contributed by atoms with Gasteiger partial charge >= 0.3 is 0 Å². The highest BCUT2D eigenvalue weighted by molar-refractivity contribution is 6.03. The number of benzene rings is 4. The zero-order valence-electron chi connectivity index (χ0n) is 31.2. The van der Waals surface area contributed by atoms with Crippen LogP contribution >= 0.6 is 0 Å². The van der Waals surface area contributed by atoms with E-state index in [4.69, 9.17) is 9.98 Å². The van der Waals surface area contributed by atoms with E-state index in [1.807, 2.05) is 36.7 Å². The van der Waals surface area contributed by atoms with Gasteiger partial charge in [-0.2, -0.15) is 0 Å². The zero-order valence-corrected chi connectivity index (χ0v) is 31.2. The van der Waals surface area contributed by atoms with Crippen molar-refractivity contribution in [3.05, 3.63) is 185 Å². The maximum absolute atomic E-state index is 5.29. The van der Waals surface area contributed by atoms with Crippen molar-refractivity contribution >= 4 is 45.2 Å². The van der Waals surface area contributed by atoms with E-state index in [-0.39, 0.29) is 12.1 Å². The normalized spacial score (nSPS) is 16.2. The van der Waals surface area contributed by atoms with Crippen LogP contribution in [0.1, 0.15) is 79.2 Å². The summed E-state index contributed by atoms with van der Waals surface area (Å²) in [6.45, 7) is 8.80. The van der Waals surface area contributed by atoms with Crippen LogP contribution in [0, 0.1) is 0 Å². The quantitative estimate of drug-likeness (QED) is 0.108. The molecule has 54 heavy (non-hydrogen) atoms. The van der Waals surface area contributed by atoms with Crippen molar-refractivity contribution in [1.82, 2.24) is 15.3 Å². The van der Waals surface area contributed by atoms with Gasteiger partial charge in [0.05, 0.1) is 34.7 Å². The number of nitrogens with zero attached hydrogens (tertiary/aromatic N) is 3. The molecule has 4 aromatic carbocycles. The van der Waals surface area contributed by atoms with E-state index in [9.17, 15) is 0 Å². The van der Waals surface area contributed by atoms with Gasteiger partial charge < -0.3 is 5.32 Å². The highest BCUT2D eigenvalue weighted by Gasteiger charge is 2.28. The van der Waals surface area contributed by atoms with Crippen molar-refractivity contribution < 1.29 is 0 Å². The molecule has 0 bridgehead atoms. The Hall–Kier alpha value is -6.13. The fourth-order valence-electron chi connectivity index (χ4n) is 8.12. The number of pyridine rings is 2. The molecule has 1 aliphatic heterocycles. The van der Waals surface area contributed by atoms with Crippen LogP contribution in [0.4, 0.5) is 0 Å². The van der Waals surface area contributed by atoms with Gasteiger partial charge in [-0.3, -0.25) is 9.98 Å². The van der Waals surface area contributed by atoms with E-state index < -0.39 is 0 Å². The number of dihydropyridines is 1. The second-order valence-corrected chi connectivity index (χ2v) is 14.1. The lowest BCUT2D eigenvalue weighted by molar-refractivity contribution is 0.709. The molecule has 0 amide bonds. The number of allylic oxidation sites excluding steroid dienone is 5. The third-order valence-electron chi connectivity index (χ3n) is 10.7. The first-order valence-corrected chi connectivity index (χ1v) is 19.3. The molecule has 266 valence electrons. The van der Waals surface area contributed by atoms with E-state index >= 15 is 0 Å². The fourth-order valence-corrected chi connectivity index (χ4v) is 8.12. The largest absolute Gasteiger partial charge is 0.373 e. The van der Waals surface area contributed by atoms with Crippen molar-refractivity contribution in [2.75, 3.05) is 0 Å². The molecule has 2 atom stereocenters. The highest BCUT2D eigenvalue weighted by atomic mass is 15.0. The zero-order chi connectivity index (χ0) is 36.9. The van der Waals surface area contributed by atoms with Gasteiger partial charge in [0.2, 0.25) is 0 Å². The SMILES string of the molecule is C=C/C(=C\C(CCC)N=Cc1ccccn1)c1c2c(c(C3C=CC(CC)=C(c4cc(-c5ccccc5)c5ccccc5n4)N3)c3ccccc13)CCC=C2. The molecule has 6 aromatic rings. The Morgan fingerprint density at radius 1 is 0.907 bits per heavy atom. The molecular formula is C50H46N4. The molecule has 4 heteroatoms. The minimum absolute atomic E-state index is 0.00463. The molecule has 2 aromatic heterocycles. The third-order valence-corrected chi connectivity index (χ3v) is 10.7. The molecule has 4 nitrogen and oxygen atoms in total. The number of para-hydroxylation sites is 1. The Bertz CT molecular complexity index is 2480. The molecule has 0 saturated carbocycles. The fraction of sp³-hybridized carbons (Fsp3) is 0.180. The predicted octanol–water partition coefficient (Wildman–Crippen LogP) is 12.3. The first-order valence-electron chi connectivity index (χ1n) is 19.3. The molecule has 0 saturated heterocycles. The third kappa shape index (κ3) is 6.88. The Kier molecular flexibility index (Phi) is 10.3. The topological polar surface area (TPSA) is 50.2 Å². The van der Waals surface area contributed by atoms with Gasteiger partial charge in [0.25, 0.3) is 0 Å². The van der Waals surface area contributed by atoms with Crippen molar-refractivity contribution in [3.8, 4) is 11.1 Å². The standard InChI is InChI=1S/C50H46N4/c1-4-18-37(52-33-38-21-16-17-30-51-38)31-35(6-3)48-40-23-10-12-25-42(40)49(43-26-13-11-24-41(43)48)46-29-28-34(5-2)50(54-46)47-32-44(36-19-8-7-9-20-36)39-22-14-15-27-45(39)53-47/h6-12,14-17,19-25,27-33,37,46,54H,3-5,13,18,26H2,1-2H3/b35-31+,52-33?. The van der Waals surface area contributed by atoms with Crippen LogP contribution < -0.4 is 5.32 Å². The summed E-state index contributed by atoms with van der Waals surface area (Å²) in [6.07, 6.45) is 22.2. The number of nitrogens with one attached hydrogen (secondary N) is 1. The molecule has 2 aliphatic rings. The number of fused-ring (bicyclic) bond motifs is 3. The summed E-state index contributed by atoms with van der Waals surface area (Å²) in [5, 5.41) is 7.71. The average Bonchev–Trinajstić information content (AvgIpc) is 3.24. The first kappa shape index (κ1) is 34.9. The van der Waals surface area contributed by atoms with Gasteiger partial charge in [-0.05, 0) is 105 Å². The van der Waals surface area contributed by atoms with E-state index in [1.165, 1.54) is 49.7 Å². The Balaban J connectivity index is 1.25. The van der Waals surface area contributed by atoms with Gasteiger partial charge in [-0.15, -0.1) is 0 Å². The molecular weight excluding hydrogens is 657 g/mol. The summed E-state index contributed by atoms with van der Waals surface area (Å²) in [6, 6.07) is 36.2. The first-order chi connectivity index (χ1) is 26.7. The molecule has 0 fully saturated rings. The number of aliphatic imine (C=N–C) groups is 1. The van der Waals surface area contributed by atoms with Gasteiger partial charge in [0.1, 0.15) is 0 Å². The van der Waals surface area contributed by atoms with Crippen LogP contribution in [0.25, 0.3) is 50.1 Å². The molecule has 1 aliphatic carbocycles. The number of hydrogen-bond donors (Lipinski definition) is 1. The van der Waals surface area contributed by atoms with Gasteiger partial charge in [0, 0.05) is 17.8 Å². The summed E-state index contributed by atoms with van der Waals surface area (Å²) < 4.78 is 0. The molecule has 3 heterocycles. The van der Waals surface area contributed by atoms with Crippen molar-refractivity contribution in [1.29, 1.82) is 0 Å². The summed E-state index contributed by atoms with van der Waals surface area (Å²) in [7, 11) is 0. The molecule has 1 N–H and O–H groups in total. The van der Waals surface area contributed by atoms with E-state index in [0.717, 1.165) is 65.7 Å². The molecule has 2 unspecified atom stereocenters. The van der Waals surface area contributed by atoms with Crippen LogP contribution in [0.15, 0.2) is 157 Å². The van der Waals surface area contributed by atoms with Crippen LogP contribution in [-0.4, -0.2) is 22.2 Å². The van der Waals surface area contributed by atoms with E-state index in [1.54, 1.807) is 0 Å². The van der Waals surface area contributed by atoms with E-state index in [0.29, 0.717) is 0 Å². The van der Waals surface area contributed by atoms with Gasteiger partial charge in [-0.25, -0.2) is 4.98 Å². The number of aromatic nitrogens is 2. The second kappa shape index (κ2) is 15.9. The average molecular weight is 703 g/mol. The molecule has 0 radical (unpaired) electrons. The van der Waals surface area contributed by atoms with Crippen LogP contribution in [0.3, 0.4) is 0 Å². The van der Waals surface area contributed by atoms with Crippen molar-refractivity contribution in [2.24, 2.45) is 4.99 Å².